The van der Waals surface area contributed by atoms with Gasteiger partial charge in [0.25, 0.3) is 0 Å². The molecule has 0 aliphatic rings. The molecule has 0 saturated carbocycles. The van der Waals surface area contributed by atoms with E-state index in [4.69, 9.17) is 10.2 Å². The van der Waals surface area contributed by atoms with Gasteiger partial charge in [-0.25, -0.2) is 18.4 Å². The smallest absolute Gasteiger partial charge is 0.337 e. The molecule has 0 saturated heterocycles. The van der Waals surface area contributed by atoms with Crippen LogP contribution >= 0.6 is 0 Å². The third kappa shape index (κ3) is 4.50. The van der Waals surface area contributed by atoms with Crippen molar-refractivity contribution in [3.63, 3.8) is 0 Å². The predicted molar refractivity (Wildman–Crippen MR) is 77.4 cm³/mol. The summed E-state index contributed by atoms with van der Waals surface area (Å²) in [6, 6.07) is 4.02. The van der Waals surface area contributed by atoms with Crippen LogP contribution in [0.5, 0.6) is 0 Å². The quantitative estimate of drug-likeness (QED) is 0.636. The summed E-state index contributed by atoms with van der Waals surface area (Å²) in [7, 11) is -3.96. The maximum atomic E-state index is 11.5. The molecule has 0 bridgehead atoms. The van der Waals surface area contributed by atoms with E-state index in [0.29, 0.717) is 6.54 Å². The number of benzene rings is 1. The zero-order valence-electron chi connectivity index (χ0n) is 11.4. The second kappa shape index (κ2) is 7.25. The van der Waals surface area contributed by atoms with Crippen molar-refractivity contribution >= 4 is 21.7 Å². The molecule has 1 rings (SSSR count). The molecule has 0 atom stereocenters. The van der Waals surface area contributed by atoms with E-state index in [-0.39, 0.29) is 16.1 Å². The number of rotatable bonds is 8. The van der Waals surface area contributed by atoms with Crippen LogP contribution in [-0.4, -0.2) is 26.0 Å². The number of primary sulfonamides is 1. The van der Waals surface area contributed by atoms with Crippen molar-refractivity contribution in [2.24, 2.45) is 5.14 Å². The molecule has 112 valence electrons. The van der Waals surface area contributed by atoms with Gasteiger partial charge < -0.3 is 10.4 Å². The van der Waals surface area contributed by atoms with Gasteiger partial charge in [0.2, 0.25) is 10.0 Å². The van der Waals surface area contributed by atoms with Crippen molar-refractivity contribution in [1.29, 1.82) is 0 Å². The van der Waals surface area contributed by atoms with Gasteiger partial charge >= 0.3 is 5.97 Å². The summed E-state index contributed by atoms with van der Waals surface area (Å²) in [5.74, 6) is -1.19. The molecule has 0 aliphatic carbocycles. The second-order valence-electron chi connectivity index (χ2n) is 4.52. The molecular weight excluding hydrogens is 280 g/mol. The Labute approximate surface area is 119 Å². The number of anilines is 1. The topological polar surface area (TPSA) is 109 Å². The number of nitrogens with two attached hydrogens (primary N) is 1. The van der Waals surface area contributed by atoms with Crippen molar-refractivity contribution in [2.75, 3.05) is 11.9 Å². The first-order chi connectivity index (χ1) is 9.38. The predicted octanol–water partition coefficient (Wildman–Crippen LogP) is 2.02. The Morgan fingerprint density at radius 2 is 2.00 bits per heavy atom. The molecule has 0 fully saturated rings. The second-order valence-corrected chi connectivity index (χ2v) is 6.05. The van der Waals surface area contributed by atoms with Gasteiger partial charge in [0.1, 0.15) is 4.90 Å². The molecular formula is C13H20N2O4S. The highest BCUT2D eigenvalue weighted by Gasteiger charge is 2.20. The lowest BCUT2D eigenvalue weighted by atomic mass is 10.1. The normalized spacial score (nSPS) is 11.3. The minimum atomic E-state index is -3.96. The molecule has 1 aromatic rings. The number of aromatic carboxylic acids is 1. The van der Waals surface area contributed by atoms with Crippen LogP contribution in [0.3, 0.4) is 0 Å². The van der Waals surface area contributed by atoms with E-state index in [1.54, 1.807) is 0 Å². The number of carboxylic acids is 1. The molecule has 0 amide bonds. The van der Waals surface area contributed by atoms with E-state index in [0.717, 1.165) is 25.7 Å². The van der Waals surface area contributed by atoms with Gasteiger partial charge in [-0.05, 0) is 18.6 Å². The molecule has 0 spiro atoms. The standard InChI is InChI=1S/C13H20N2O4S/c1-2-3-4-5-9-15-12-10(13(16)17)7-6-8-11(12)20(14,18)19/h6-8,15H,2-5,9H2,1H3,(H,16,17)(H2,14,18,19). The number of nitrogens with one attached hydrogen (secondary N) is 1. The molecule has 1 aromatic carbocycles. The number of unbranched alkanes of at least 4 members (excludes halogenated alkanes) is 3. The zero-order chi connectivity index (χ0) is 15.2. The van der Waals surface area contributed by atoms with E-state index in [2.05, 4.69) is 12.2 Å². The fourth-order valence-corrected chi connectivity index (χ4v) is 2.63. The monoisotopic (exact) mass is 300 g/mol. The van der Waals surface area contributed by atoms with Crippen LogP contribution < -0.4 is 10.5 Å². The Kier molecular flexibility index (Phi) is 5.97. The number of carboxylic acid groups (broad SMARTS) is 1. The number of para-hydroxylation sites is 1. The SMILES string of the molecule is CCCCCCNc1c(C(=O)O)cccc1S(N)(=O)=O. The molecule has 0 radical (unpaired) electrons. The molecule has 6 nitrogen and oxygen atoms in total. The average molecular weight is 300 g/mol. The van der Waals surface area contributed by atoms with Gasteiger partial charge in [-0.1, -0.05) is 32.3 Å². The van der Waals surface area contributed by atoms with Crippen LogP contribution in [0.15, 0.2) is 23.1 Å². The number of hydrogen-bond acceptors (Lipinski definition) is 4. The van der Waals surface area contributed by atoms with Crippen LogP contribution in [-0.2, 0) is 10.0 Å². The van der Waals surface area contributed by atoms with E-state index in [1.807, 2.05) is 0 Å². The first-order valence-corrected chi connectivity index (χ1v) is 8.05. The fourth-order valence-electron chi connectivity index (χ4n) is 1.89. The van der Waals surface area contributed by atoms with Crippen molar-refractivity contribution in [3.05, 3.63) is 23.8 Å². The molecule has 0 aromatic heterocycles. The van der Waals surface area contributed by atoms with Crippen LogP contribution in [0.4, 0.5) is 5.69 Å². The first kappa shape index (κ1) is 16.5. The third-order valence-electron chi connectivity index (χ3n) is 2.90. The van der Waals surface area contributed by atoms with E-state index >= 15 is 0 Å². The van der Waals surface area contributed by atoms with Crippen LogP contribution in [0.1, 0.15) is 43.0 Å². The molecule has 20 heavy (non-hydrogen) atoms. The highest BCUT2D eigenvalue weighted by molar-refractivity contribution is 7.89. The molecule has 0 unspecified atom stereocenters. The van der Waals surface area contributed by atoms with E-state index < -0.39 is 16.0 Å². The van der Waals surface area contributed by atoms with Crippen molar-refractivity contribution in [3.8, 4) is 0 Å². The largest absolute Gasteiger partial charge is 0.478 e. The van der Waals surface area contributed by atoms with Crippen LogP contribution in [0, 0.1) is 0 Å². The lowest BCUT2D eigenvalue weighted by Gasteiger charge is -2.13. The van der Waals surface area contributed by atoms with Crippen molar-refractivity contribution in [2.45, 2.75) is 37.5 Å². The van der Waals surface area contributed by atoms with Gasteiger partial charge in [-0.2, -0.15) is 0 Å². The van der Waals surface area contributed by atoms with Crippen molar-refractivity contribution in [1.82, 2.24) is 0 Å². The minimum absolute atomic E-state index is 0.0685. The third-order valence-corrected chi connectivity index (χ3v) is 3.85. The molecule has 0 heterocycles. The van der Waals surface area contributed by atoms with Gasteiger partial charge in [-0.15, -0.1) is 0 Å². The summed E-state index contributed by atoms with van der Waals surface area (Å²) in [5.41, 5.74) is -0.0222. The van der Waals surface area contributed by atoms with Crippen LogP contribution in [0.2, 0.25) is 0 Å². The zero-order valence-corrected chi connectivity index (χ0v) is 12.2. The van der Waals surface area contributed by atoms with E-state index in [1.165, 1.54) is 18.2 Å². The highest BCUT2D eigenvalue weighted by Crippen LogP contribution is 2.25. The summed E-state index contributed by atoms with van der Waals surface area (Å²) < 4.78 is 23.0. The lowest BCUT2D eigenvalue weighted by molar-refractivity contribution is 0.0697. The number of sulfonamides is 1. The number of carbonyl (C=O) groups is 1. The molecule has 7 heteroatoms. The maximum Gasteiger partial charge on any atom is 0.337 e. The maximum absolute atomic E-state index is 11.5. The van der Waals surface area contributed by atoms with Crippen molar-refractivity contribution < 1.29 is 18.3 Å². The van der Waals surface area contributed by atoms with Gasteiger partial charge in [0.05, 0.1) is 11.3 Å². The Hall–Kier alpha value is -1.60. The highest BCUT2D eigenvalue weighted by atomic mass is 32.2. The minimum Gasteiger partial charge on any atom is -0.478 e. The molecule has 0 aliphatic heterocycles. The Morgan fingerprint density at radius 1 is 1.30 bits per heavy atom. The molecule has 4 N–H and O–H groups in total. The summed E-state index contributed by atoms with van der Waals surface area (Å²) in [5, 5.41) is 17.1. The van der Waals surface area contributed by atoms with E-state index in [9.17, 15) is 13.2 Å². The van der Waals surface area contributed by atoms with Gasteiger partial charge in [-0.3, -0.25) is 0 Å². The summed E-state index contributed by atoms with van der Waals surface area (Å²) >= 11 is 0. The summed E-state index contributed by atoms with van der Waals surface area (Å²) in [6.45, 7) is 2.60. The summed E-state index contributed by atoms with van der Waals surface area (Å²) in [4.78, 5) is 11.0. The van der Waals surface area contributed by atoms with Gasteiger partial charge in [0, 0.05) is 6.54 Å². The Morgan fingerprint density at radius 3 is 2.55 bits per heavy atom. The number of hydrogen-bond donors (Lipinski definition) is 3. The van der Waals surface area contributed by atoms with Crippen LogP contribution in [0.25, 0.3) is 0 Å². The first-order valence-electron chi connectivity index (χ1n) is 6.51. The lowest BCUT2D eigenvalue weighted by Crippen LogP contribution is -2.18. The fraction of sp³-hybridized carbons (Fsp3) is 0.462. The van der Waals surface area contributed by atoms with Gasteiger partial charge in [0.15, 0.2) is 0 Å². The summed E-state index contributed by atoms with van der Waals surface area (Å²) in [6.07, 6.45) is 4.02. The Bertz CT molecular complexity index is 570. The average Bonchev–Trinajstić information content (AvgIpc) is 2.37. The Balaban J connectivity index is 2.98.